The summed E-state index contributed by atoms with van der Waals surface area (Å²) in [4.78, 5) is 0. The quantitative estimate of drug-likeness (QED) is 0.776. The van der Waals surface area contributed by atoms with Gasteiger partial charge in [-0.1, -0.05) is 35.9 Å². The van der Waals surface area contributed by atoms with E-state index in [2.05, 4.69) is 0 Å². The summed E-state index contributed by atoms with van der Waals surface area (Å²) in [6, 6.07) is 5.28. The highest BCUT2D eigenvalue weighted by Crippen LogP contribution is 2.37. The molecule has 0 fully saturated rings. The highest BCUT2D eigenvalue weighted by Gasteiger charge is 2.36. The lowest BCUT2D eigenvalue weighted by molar-refractivity contribution is -0.137. The zero-order chi connectivity index (χ0) is 15.0. The van der Waals surface area contributed by atoms with E-state index in [9.17, 15) is 13.2 Å². The molecule has 1 aromatic rings. The van der Waals surface area contributed by atoms with E-state index < -0.39 is 17.2 Å². The lowest BCUT2D eigenvalue weighted by Gasteiger charge is -2.35. The van der Waals surface area contributed by atoms with Crippen LogP contribution >= 0.6 is 0 Å². The Labute approximate surface area is 116 Å². The molecule has 0 saturated carbocycles. The predicted octanol–water partition coefficient (Wildman–Crippen LogP) is 4.49. The molecule has 0 heterocycles. The smallest absolute Gasteiger partial charge is 0.376 e. The Bertz CT molecular complexity index is 540. The number of alkyl halides is 3. The number of rotatable bonds is 2. The molecule has 108 valence electrons. The fourth-order valence-corrected chi connectivity index (χ4v) is 2.46. The van der Waals surface area contributed by atoms with Crippen molar-refractivity contribution in [1.82, 2.24) is 0 Å². The molecule has 4 heteroatoms. The Morgan fingerprint density at radius 1 is 1.15 bits per heavy atom. The summed E-state index contributed by atoms with van der Waals surface area (Å²) in [5.74, 6) is 0. The summed E-state index contributed by atoms with van der Waals surface area (Å²) < 4.78 is 43.3. The van der Waals surface area contributed by atoms with E-state index in [1.165, 1.54) is 12.1 Å². The van der Waals surface area contributed by atoms with Crippen LogP contribution in [0, 0.1) is 0 Å². The van der Waals surface area contributed by atoms with Gasteiger partial charge in [0.1, 0.15) is 0 Å². The normalized spacial score (nSPS) is 26.5. The maximum absolute atomic E-state index is 12.6. The predicted molar refractivity (Wildman–Crippen MR) is 72.5 cm³/mol. The largest absolute Gasteiger partial charge is 0.416 e. The molecule has 1 aliphatic rings. The van der Waals surface area contributed by atoms with Crippen LogP contribution in [-0.4, -0.2) is 13.2 Å². The van der Waals surface area contributed by atoms with Gasteiger partial charge in [0.15, 0.2) is 0 Å². The van der Waals surface area contributed by atoms with Gasteiger partial charge >= 0.3 is 6.18 Å². The van der Waals surface area contributed by atoms with E-state index in [1.807, 2.05) is 32.1 Å². The Morgan fingerprint density at radius 3 is 2.25 bits per heavy atom. The third kappa shape index (κ3) is 2.66. The topological polar surface area (TPSA) is 9.23 Å². The second-order valence-electron chi connectivity index (χ2n) is 5.26. The number of benzene rings is 1. The van der Waals surface area contributed by atoms with E-state index in [-0.39, 0.29) is 6.10 Å². The summed E-state index contributed by atoms with van der Waals surface area (Å²) in [6.45, 7) is 3.93. The average Bonchev–Trinajstić information content (AvgIpc) is 2.41. The summed E-state index contributed by atoms with van der Waals surface area (Å²) in [5, 5.41) is 0. The van der Waals surface area contributed by atoms with E-state index in [0.29, 0.717) is 0 Å². The van der Waals surface area contributed by atoms with Crippen molar-refractivity contribution in [1.29, 1.82) is 0 Å². The number of halogens is 3. The summed E-state index contributed by atoms with van der Waals surface area (Å²) in [7, 11) is 1.61. The zero-order valence-corrected chi connectivity index (χ0v) is 11.7. The number of hydrogen-bond donors (Lipinski definition) is 0. The Kier molecular flexibility index (Phi) is 3.78. The molecule has 1 nitrogen and oxygen atoms in total. The minimum atomic E-state index is -4.31. The monoisotopic (exact) mass is 282 g/mol. The standard InChI is InChI=1S/C16H17F3O/c1-11-8-9-15(2,14(10-11)20-3)12-4-6-13(7-5-12)16(17,18)19/h4-10,14H,1-3H3. The third-order valence-electron chi connectivity index (χ3n) is 3.79. The molecule has 0 amide bonds. The van der Waals surface area contributed by atoms with Gasteiger partial charge in [0.05, 0.1) is 11.7 Å². The van der Waals surface area contributed by atoms with Crippen LogP contribution in [0.15, 0.2) is 48.1 Å². The van der Waals surface area contributed by atoms with Crippen LogP contribution in [-0.2, 0) is 16.3 Å². The first-order valence-corrected chi connectivity index (χ1v) is 6.35. The van der Waals surface area contributed by atoms with Crippen LogP contribution < -0.4 is 0 Å². The molecule has 20 heavy (non-hydrogen) atoms. The lowest BCUT2D eigenvalue weighted by atomic mass is 9.74. The van der Waals surface area contributed by atoms with Crippen LogP contribution in [0.1, 0.15) is 25.0 Å². The van der Waals surface area contributed by atoms with Crippen molar-refractivity contribution in [2.75, 3.05) is 7.11 Å². The van der Waals surface area contributed by atoms with Crippen molar-refractivity contribution < 1.29 is 17.9 Å². The molecule has 0 radical (unpaired) electrons. The van der Waals surface area contributed by atoms with Gasteiger partial charge in [0.25, 0.3) is 0 Å². The molecule has 0 aliphatic heterocycles. The first-order valence-electron chi connectivity index (χ1n) is 6.35. The summed E-state index contributed by atoms with van der Waals surface area (Å²) in [6.07, 6.45) is 1.44. The van der Waals surface area contributed by atoms with Crippen molar-refractivity contribution in [3.8, 4) is 0 Å². The van der Waals surface area contributed by atoms with Gasteiger partial charge in [-0.3, -0.25) is 0 Å². The van der Waals surface area contributed by atoms with Gasteiger partial charge in [-0.25, -0.2) is 0 Å². The van der Waals surface area contributed by atoms with E-state index in [1.54, 1.807) is 7.11 Å². The number of allylic oxidation sites excluding steroid dienone is 2. The minimum Gasteiger partial charge on any atom is -0.376 e. The molecule has 0 bridgehead atoms. The van der Waals surface area contributed by atoms with E-state index in [0.717, 1.165) is 23.3 Å². The molecule has 0 saturated heterocycles. The van der Waals surface area contributed by atoms with Crippen LogP contribution in [0.5, 0.6) is 0 Å². The molecular weight excluding hydrogens is 265 g/mol. The van der Waals surface area contributed by atoms with Crippen molar-refractivity contribution in [2.24, 2.45) is 0 Å². The zero-order valence-electron chi connectivity index (χ0n) is 11.7. The Balaban J connectivity index is 2.38. The van der Waals surface area contributed by atoms with E-state index in [4.69, 9.17) is 4.74 Å². The molecule has 0 aromatic heterocycles. The van der Waals surface area contributed by atoms with Crippen LogP contribution in [0.3, 0.4) is 0 Å². The molecule has 2 unspecified atom stereocenters. The molecule has 1 aliphatic carbocycles. The van der Waals surface area contributed by atoms with Gasteiger partial charge in [0.2, 0.25) is 0 Å². The van der Waals surface area contributed by atoms with Gasteiger partial charge in [-0.05, 0) is 31.5 Å². The maximum atomic E-state index is 12.6. The average molecular weight is 282 g/mol. The van der Waals surface area contributed by atoms with Crippen LogP contribution in [0.2, 0.25) is 0 Å². The number of hydrogen-bond acceptors (Lipinski definition) is 1. The summed E-state index contributed by atoms with van der Waals surface area (Å²) >= 11 is 0. The van der Waals surface area contributed by atoms with Crippen molar-refractivity contribution in [2.45, 2.75) is 31.5 Å². The molecule has 2 atom stereocenters. The van der Waals surface area contributed by atoms with Crippen LogP contribution in [0.4, 0.5) is 13.2 Å². The highest BCUT2D eigenvalue weighted by atomic mass is 19.4. The van der Waals surface area contributed by atoms with Gasteiger partial charge in [-0.2, -0.15) is 13.2 Å². The maximum Gasteiger partial charge on any atom is 0.416 e. The fraction of sp³-hybridized carbons (Fsp3) is 0.375. The minimum absolute atomic E-state index is 0.191. The SMILES string of the molecule is COC1C=C(C)C=CC1(C)c1ccc(C(F)(F)F)cc1. The molecule has 0 spiro atoms. The van der Waals surface area contributed by atoms with Crippen molar-refractivity contribution >= 4 is 0 Å². The number of methoxy groups -OCH3 is 1. The Hall–Kier alpha value is -1.55. The van der Waals surface area contributed by atoms with Crippen molar-refractivity contribution in [3.63, 3.8) is 0 Å². The van der Waals surface area contributed by atoms with Gasteiger partial charge in [0, 0.05) is 12.5 Å². The summed E-state index contributed by atoms with van der Waals surface area (Å²) in [5.41, 5.74) is 0.794. The van der Waals surface area contributed by atoms with E-state index >= 15 is 0 Å². The fourth-order valence-electron chi connectivity index (χ4n) is 2.46. The highest BCUT2D eigenvalue weighted by molar-refractivity contribution is 5.41. The van der Waals surface area contributed by atoms with Gasteiger partial charge < -0.3 is 4.74 Å². The second-order valence-corrected chi connectivity index (χ2v) is 5.26. The first-order chi connectivity index (χ1) is 9.27. The van der Waals surface area contributed by atoms with Crippen molar-refractivity contribution in [3.05, 3.63) is 59.2 Å². The molecular formula is C16H17F3O. The molecule has 0 N–H and O–H groups in total. The first kappa shape index (κ1) is 14.9. The number of ether oxygens (including phenoxy) is 1. The lowest BCUT2D eigenvalue weighted by Crippen LogP contribution is -2.36. The third-order valence-corrected chi connectivity index (χ3v) is 3.79. The molecule has 2 rings (SSSR count). The Morgan fingerprint density at radius 2 is 1.75 bits per heavy atom. The molecule has 1 aromatic carbocycles. The van der Waals surface area contributed by atoms with Crippen LogP contribution in [0.25, 0.3) is 0 Å². The second kappa shape index (κ2) is 5.09. The van der Waals surface area contributed by atoms with Gasteiger partial charge in [-0.15, -0.1) is 0 Å².